The maximum atomic E-state index is 13.9. The molecule has 9 heteroatoms. The number of rotatable bonds is 13. The van der Waals surface area contributed by atoms with Crippen LogP contribution in [0.2, 0.25) is 0 Å². The van der Waals surface area contributed by atoms with Crippen molar-refractivity contribution in [3.05, 3.63) is 131 Å². The summed E-state index contributed by atoms with van der Waals surface area (Å²) in [6, 6.07) is 25.9. The molecule has 0 spiro atoms. The Kier molecular flexibility index (Phi) is 12.3. The summed E-state index contributed by atoms with van der Waals surface area (Å²) in [6.45, 7) is 18.6. The first kappa shape index (κ1) is 44.1. The molecule has 2 aliphatic heterocycles. The molecule has 61 heavy (non-hydrogen) atoms. The van der Waals surface area contributed by atoms with E-state index in [4.69, 9.17) is 4.74 Å². The predicted octanol–water partition coefficient (Wildman–Crippen LogP) is 12.0. The lowest BCUT2D eigenvalue weighted by Gasteiger charge is -2.28. The highest BCUT2D eigenvalue weighted by Gasteiger charge is 2.46. The molecule has 0 bridgehead atoms. The van der Waals surface area contributed by atoms with Crippen molar-refractivity contribution < 1.29 is 27.1 Å². The smallest absolute Gasteiger partial charge is 0.414 e. The van der Waals surface area contributed by atoms with Crippen molar-refractivity contribution in [1.82, 2.24) is 4.90 Å². The predicted molar refractivity (Wildman–Crippen MR) is 250 cm³/mol. The number of benzene rings is 4. The third kappa shape index (κ3) is 8.87. The van der Waals surface area contributed by atoms with Gasteiger partial charge in [-0.25, -0.2) is 13.2 Å². The number of carbonyl (C=O) groups is 1. The topological polar surface area (TPSA) is 93.0 Å². The standard InChI is InChI=1S/C52H63N3O5S/c1-10-11-16-33-54-42-29-25-36-19-12-14-21-40(36)46(42)51(5,6)44(54)31-27-38-23-24-39(48(38)53(9)49(56)60-50(2,3)4)28-32-45-52(7,8)47-41-22-15-13-20-37(41)26-30-43(47)55(45)34-17-18-35-61(57,58)59/h12-15,19-22,25-32H,10-11,16-18,23-24,33-35H2,1-9H3. The van der Waals surface area contributed by atoms with Gasteiger partial charge in [-0.05, 0) is 123 Å². The molecule has 0 aromatic heterocycles. The number of hydrogen-bond donors (Lipinski definition) is 0. The van der Waals surface area contributed by atoms with E-state index in [1.807, 2.05) is 27.8 Å². The number of allylic oxidation sites excluding steroid dienone is 7. The Morgan fingerprint density at radius 2 is 1.49 bits per heavy atom. The maximum absolute atomic E-state index is 13.9. The lowest BCUT2D eigenvalue weighted by Crippen LogP contribution is -2.34. The molecule has 0 unspecified atom stereocenters. The van der Waals surface area contributed by atoms with Crippen LogP contribution in [-0.4, -0.2) is 65.7 Å². The van der Waals surface area contributed by atoms with Gasteiger partial charge in [-0.15, -0.1) is 0 Å². The molecule has 0 atom stereocenters. The summed E-state index contributed by atoms with van der Waals surface area (Å²) >= 11 is 0. The Balaban J connectivity index is 1.33. The second-order valence-electron chi connectivity index (χ2n) is 19.0. The largest absolute Gasteiger partial charge is 0.748 e. The first-order valence-corrected chi connectivity index (χ1v) is 23.6. The molecule has 4 aromatic carbocycles. The normalized spacial score (nSPS) is 18.7. The van der Waals surface area contributed by atoms with Gasteiger partial charge in [0.2, 0.25) is 5.69 Å². The van der Waals surface area contributed by atoms with E-state index in [2.05, 4.69) is 141 Å². The number of amides is 1. The monoisotopic (exact) mass is 841 g/mol. The van der Waals surface area contributed by atoms with Crippen molar-refractivity contribution in [2.45, 2.75) is 117 Å². The van der Waals surface area contributed by atoms with Crippen molar-refractivity contribution in [2.24, 2.45) is 0 Å². The van der Waals surface area contributed by atoms with E-state index >= 15 is 0 Å². The number of hydrogen-bond acceptors (Lipinski definition) is 6. The molecule has 1 aliphatic carbocycles. The molecule has 0 saturated carbocycles. The number of nitrogens with zero attached hydrogens (tertiary/aromatic N) is 3. The summed E-state index contributed by atoms with van der Waals surface area (Å²) in [5, 5.41) is 4.86. The van der Waals surface area contributed by atoms with Crippen molar-refractivity contribution in [1.29, 1.82) is 0 Å². The van der Waals surface area contributed by atoms with E-state index in [1.54, 1.807) is 4.90 Å². The summed E-state index contributed by atoms with van der Waals surface area (Å²) in [4.78, 5) is 17.9. The van der Waals surface area contributed by atoms with Crippen LogP contribution in [0.3, 0.4) is 0 Å². The van der Waals surface area contributed by atoms with Crippen LogP contribution in [0.1, 0.15) is 111 Å². The Morgan fingerprint density at radius 1 is 0.836 bits per heavy atom. The molecule has 7 rings (SSSR count). The molecule has 4 aromatic rings. The molecule has 0 saturated heterocycles. The molecule has 2 heterocycles. The summed E-state index contributed by atoms with van der Waals surface area (Å²) < 4.78 is 43.0. The maximum Gasteiger partial charge on any atom is 0.414 e. The summed E-state index contributed by atoms with van der Waals surface area (Å²) in [6.07, 6.45) is 14.2. The van der Waals surface area contributed by atoms with Gasteiger partial charge in [0.1, 0.15) is 12.1 Å². The van der Waals surface area contributed by atoms with Crippen LogP contribution in [0, 0.1) is 0 Å². The van der Waals surface area contributed by atoms with Gasteiger partial charge in [0, 0.05) is 60.3 Å². The van der Waals surface area contributed by atoms with E-state index in [1.165, 1.54) is 38.7 Å². The zero-order chi connectivity index (χ0) is 43.9. The van der Waals surface area contributed by atoms with Gasteiger partial charge in [-0.2, -0.15) is 4.58 Å². The van der Waals surface area contributed by atoms with E-state index < -0.39 is 27.2 Å². The minimum atomic E-state index is -4.30. The molecule has 0 fully saturated rings. The molecule has 0 radical (unpaired) electrons. The Hall–Kier alpha value is -4.99. The molecular formula is C52H63N3O5S. The van der Waals surface area contributed by atoms with E-state index in [0.717, 1.165) is 72.3 Å². The van der Waals surface area contributed by atoms with E-state index in [9.17, 15) is 17.8 Å². The van der Waals surface area contributed by atoms with Crippen molar-refractivity contribution in [2.75, 3.05) is 30.8 Å². The number of ether oxygens (including phenoxy) is 1. The highest BCUT2D eigenvalue weighted by atomic mass is 32.2. The van der Waals surface area contributed by atoms with Crippen molar-refractivity contribution in [3.8, 4) is 0 Å². The van der Waals surface area contributed by atoms with Gasteiger partial charge in [-0.3, -0.25) is 4.90 Å². The summed E-state index contributed by atoms with van der Waals surface area (Å²) in [5.74, 6) is -0.380. The molecule has 0 N–H and O–H groups in total. The minimum absolute atomic E-state index is 0.257. The van der Waals surface area contributed by atoms with Gasteiger partial charge in [0.15, 0.2) is 5.71 Å². The molecule has 3 aliphatic rings. The number of anilines is 1. The number of unbranched alkanes of at least 4 members (excludes halogenated alkanes) is 3. The van der Waals surface area contributed by atoms with Crippen LogP contribution in [0.5, 0.6) is 0 Å². The van der Waals surface area contributed by atoms with Crippen LogP contribution < -0.4 is 4.90 Å². The summed E-state index contributed by atoms with van der Waals surface area (Å²) in [7, 11) is -2.49. The average molecular weight is 842 g/mol. The van der Waals surface area contributed by atoms with Crippen LogP contribution in [0.4, 0.5) is 16.2 Å². The number of carbonyl (C=O) groups excluding carboxylic acids is 1. The van der Waals surface area contributed by atoms with Gasteiger partial charge >= 0.3 is 6.09 Å². The zero-order valence-corrected chi connectivity index (χ0v) is 38.4. The fraction of sp³-hybridized carbons (Fsp3) is 0.423. The summed E-state index contributed by atoms with van der Waals surface area (Å²) in [5.41, 5.74) is 8.90. The van der Waals surface area contributed by atoms with Gasteiger partial charge in [0.05, 0.1) is 21.2 Å². The average Bonchev–Trinajstić information content (AvgIpc) is 3.77. The van der Waals surface area contributed by atoms with Crippen LogP contribution in [0.25, 0.3) is 21.5 Å². The lowest BCUT2D eigenvalue weighted by molar-refractivity contribution is -0.438. The SMILES string of the molecule is CCCCC[N+]1=C(/C=C/C2=C(N(C)C(=O)OC(C)(C)C)C(=C/C=C3/N(CCCCS(=O)(=O)[O-])c4ccc5ccccc5c4C3(C)C)/CC2)C(C)(C)c2c1ccc1ccccc21. The Bertz CT molecular complexity index is 2640. The molecular weight excluding hydrogens is 779 g/mol. The second-order valence-corrected chi connectivity index (χ2v) is 20.5. The van der Waals surface area contributed by atoms with Crippen LogP contribution in [0.15, 0.2) is 120 Å². The third-order valence-electron chi connectivity index (χ3n) is 12.7. The molecule has 8 nitrogen and oxygen atoms in total. The Morgan fingerprint density at radius 3 is 2.15 bits per heavy atom. The van der Waals surface area contributed by atoms with Crippen LogP contribution in [-0.2, 0) is 25.7 Å². The van der Waals surface area contributed by atoms with Crippen molar-refractivity contribution in [3.63, 3.8) is 0 Å². The number of likely N-dealkylation sites (N-methyl/N-ethyl adjacent to an activating group) is 1. The highest BCUT2D eigenvalue weighted by molar-refractivity contribution is 7.85. The quantitative estimate of drug-likeness (QED) is 0.0756. The fourth-order valence-corrected chi connectivity index (χ4v) is 10.4. The van der Waals surface area contributed by atoms with Gasteiger partial charge in [-0.1, -0.05) is 93.9 Å². The van der Waals surface area contributed by atoms with Crippen molar-refractivity contribution >= 4 is 54.8 Å². The Labute approximate surface area is 363 Å². The van der Waals surface area contributed by atoms with Gasteiger partial charge < -0.3 is 14.2 Å². The van der Waals surface area contributed by atoms with Crippen LogP contribution >= 0.6 is 0 Å². The van der Waals surface area contributed by atoms with E-state index in [-0.39, 0.29) is 17.6 Å². The second kappa shape index (κ2) is 17.1. The first-order valence-electron chi connectivity index (χ1n) is 22.0. The third-order valence-corrected chi connectivity index (χ3v) is 13.5. The minimum Gasteiger partial charge on any atom is -0.748 e. The fourth-order valence-electron chi connectivity index (χ4n) is 9.87. The highest BCUT2D eigenvalue weighted by Crippen LogP contribution is 2.51. The van der Waals surface area contributed by atoms with E-state index in [0.29, 0.717) is 13.0 Å². The lowest BCUT2D eigenvalue weighted by atomic mass is 9.79. The number of fused-ring (bicyclic) bond motifs is 6. The van der Waals surface area contributed by atoms with Gasteiger partial charge in [0.25, 0.3) is 0 Å². The molecule has 1 amide bonds. The molecule has 322 valence electrons. The zero-order valence-electron chi connectivity index (χ0n) is 37.6. The first-order chi connectivity index (χ1) is 28.8.